The van der Waals surface area contributed by atoms with Gasteiger partial charge in [0.15, 0.2) is 0 Å². The van der Waals surface area contributed by atoms with Crippen LogP contribution in [0.1, 0.15) is 38.2 Å². The summed E-state index contributed by atoms with van der Waals surface area (Å²) in [7, 11) is 0. The zero-order valence-corrected chi connectivity index (χ0v) is 11.8. The number of benzene rings is 1. The molecule has 0 saturated carbocycles. The molecule has 0 aliphatic carbocycles. The molecule has 1 aliphatic rings. The van der Waals surface area contributed by atoms with Crippen molar-refractivity contribution in [3.8, 4) is 0 Å². The van der Waals surface area contributed by atoms with Gasteiger partial charge in [-0.3, -0.25) is 9.59 Å². The SMILES string of the molecule is CC(=O)CC1CCCCN1C(=O)Cc1cccc(F)c1. The maximum atomic E-state index is 13.1. The first kappa shape index (κ1) is 14.7. The molecule has 1 unspecified atom stereocenters. The molecule has 1 aromatic carbocycles. The quantitative estimate of drug-likeness (QED) is 0.848. The predicted molar refractivity (Wildman–Crippen MR) is 74.8 cm³/mol. The van der Waals surface area contributed by atoms with Crippen LogP contribution in [-0.4, -0.2) is 29.2 Å². The Morgan fingerprint density at radius 1 is 1.35 bits per heavy atom. The Labute approximate surface area is 118 Å². The number of carbonyl (C=O) groups excluding carboxylic acids is 2. The van der Waals surface area contributed by atoms with Crippen molar-refractivity contribution in [3.63, 3.8) is 0 Å². The number of Topliss-reactive ketones (excluding diaryl/α,β-unsaturated/α-hetero) is 1. The van der Waals surface area contributed by atoms with Crippen molar-refractivity contribution in [1.29, 1.82) is 0 Å². The highest BCUT2D eigenvalue weighted by Gasteiger charge is 2.27. The zero-order chi connectivity index (χ0) is 14.5. The zero-order valence-electron chi connectivity index (χ0n) is 11.8. The first-order valence-electron chi connectivity index (χ1n) is 7.09. The number of likely N-dealkylation sites (tertiary alicyclic amines) is 1. The third-order valence-electron chi connectivity index (χ3n) is 3.71. The van der Waals surface area contributed by atoms with E-state index in [0.717, 1.165) is 19.3 Å². The lowest BCUT2D eigenvalue weighted by molar-refractivity contribution is -0.135. The van der Waals surface area contributed by atoms with E-state index in [9.17, 15) is 14.0 Å². The number of rotatable bonds is 4. The summed E-state index contributed by atoms with van der Waals surface area (Å²) < 4.78 is 13.1. The lowest BCUT2D eigenvalue weighted by atomic mass is 9.97. The van der Waals surface area contributed by atoms with Crippen molar-refractivity contribution < 1.29 is 14.0 Å². The first-order chi connectivity index (χ1) is 9.56. The maximum absolute atomic E-state index is 13.1. The van der Waals surface area contributed by atoms with Gasteiger partial charge in [0.1, 0.15) is 11.6 Å². The fourth-order valence-electron chi connectivity index (χ4n) is 2.80. The lowest BCUT2D eigenvalue weighted by Gasteiger charge is -2.35. The normalized spacial score (nSPS) is 18.9. The van der Waals surface area contributed by atoms with Crippen LogP contribution in [0.3, 0.4) is 0 Å². The Morgan fingerprint density at radius 3 is 2.85 bits per heavy atom. The average Bonchev–Trinajstić information content (AvgIpc) is 2.38. The second-order valence-corrected chi connectivity index (χ2v) is 5.45. The molecule has 1 heterocycles. The monoisotopic (exact) mass is 277 g/mol. The first-order valence-corrected chi connectivity index (χ1v) is 7.09. The second kappa shape index (κ2) is 6.64. The van der Waals surface area contributed by atoms with E-state index in [1.54, 1.807) is 24.0 Å². The minimum Gasteiger partial charge on any atom is -0.339 e. The predicted octanol–water partition coefficient (Wildman–Crippen LogP) is 2.73. The van der Waals surface area contributed by atoms with Crippen molar-refractivity contribution >= 4 is 11.7 Å². The third-order valence-corrected chi connectivity index (χ3v) is 3.71. The Balaban J connectivity index is 2.04. The second-order valence-electron chi connectivity index (χ2n) is 5.45. The highest BCUT2D eigenvalue weighted by atomic mass is 19.1. The molecule has 1 atom stereocenters. The molecule has 2 rings (SSSR count). The number of hydrogen-bond acceptors (Lipinski definition) is 2. The van der Waals surface area contributed by atoms with Crippen molar-refractivity contribution in [3.05, 3.63) is 35.6 Å². The minimum atomic E-state index is -0.325. The van der Waals surface area contributed by atoms with Gasteiger partial charge in [-0.25, -0.2) is 4.39 Å². The largest absolute Gasteiger partial charge is 0.339 e. The topological polar surface area (TPSA) is 37.4 Å². The van der Waals surface area contributed by atoms with E-state index >= 15 is 0 Å². The number of ketones is 1. The molecular formula is C16H20FNO2. The molecule has 1 aliphatic heterocycles. The average molecular weight is 277 g/mol. The molecule has 108 valence electrons. The fraction of sp³-hybridized carbons (Fsp3) is 0.500. The number of carbonyl (C=O) groups is 2. The van der Waals surface area contributed by atoms with Crippen molar-refractivity contribution in [1.82, 2.24) is 4.90 Å². The molecule has 0 spiro atoms. The van der Waals surface area contributed by atoms with Gasteiger partial charge in [-0.2, -0.15) is 0 Å². The standard InChI is InChI=1S/C16H20FNO2/c1-12(19)9-15-7-2-3-8-18(15)16(20)11-13-5-4-6-14(17)10-13/h4-6,10,15H,2-3,7-9,11H2,1H3. The van der Waals surface area contributed by atoms with Crippen LogP contribution in [0.5, 0.6) is 0 Å². The Hall–Kier alpha value is -1.71. The molecule has 4 heteroatoms. The summed E-state index contributed by atoms with van der Waals surface area (Å²) in [6.45, 7) is 2.26. The van der Waals surface area contributed by atoms with Crippen LogP contribution in [0.4, 0.5) is 4.39 Å². The summed E-state index contributed by atoms with van der Waals surface area (Å²) in [5.74, 6) is -0.226. The summed E-state index contributed by atoms with van der Waals surface area (Å²) in [5, 5.41) is 0. The number of hydrogen-bond donors (Lipinski definition) is 0. The Bertz CT molecular complexity index is 501. The summed E-state index contributed by atoms with van der Waals surface area (Å²) in [5.41, 5.74) is 0.683. The molecule has 3 nitrogen and oxygen atoms in total. The van der Waals surface area contributed by atoms with E-state index < -0.39 is 0 Å². The van der Waals surface area contributed by atoms with Gasteiger partial charge in [0.25, 0.3) is 0 Å². The smallest absolute Gasteiger partial charge is 0.227 e. The summed E-state index contributed by atoms with van der Waals surface area (Å²) in [6, 6.07) is 6.14. The molecule has 1 fully saturated rings. The van der Waals surface area contributed by atoms with Crippen LogP contribution in [0.25, 0.3) is 0 Å². The van der Waals surface area contributed by atoms with E-state index in [1.165, 1.54) is 12.1 Å². The van der Waals surface area contributed by atoms with Gasteiger partial charge >= 0.3 is 0 Å². The van der Waals surface area contributed by atoms with Crippen LogP contribution < -0.4 is 0 Å². The van der Waals surface area contributed by atoms with E-state index in [1.807, 2.05) is 0 Å². The highest BCUT2D eigenvalue weighted by molar-refractivity contribution is 5.81. The van der Waals surface area contributed by atoms with Crippen molar-refractivity contribution in [2.75, 3.05) is 6.54 Å². The third kappa shape index (κ3) is 3.89. The van der Waals surface area contributed by atoms with Crippen LogP contribution in [-0.2, 0) is 16.0 Å². The summed E-state index contributed by atoms with van der Waals surface area (Å²) >= 11 is 0. The molecule has 1 amide bonds. The molecule has 0 bridgehead atoms. The van der Waals surface area contributed by atoms with E-state index in [0.29, 0.717) is 18.5 Å². The van der Waals surface area contributed by atoms with Crippen LogP contribution >= 0.6 is 0 Å². The van der Waals surface area contributed by atoms with Gasteiger partial charge in [0, 0.05) is 19.0 Å². The number of halogens is 1. The summed E-state index contributed by atoms with van der Waals surface area (Å²) in [4.78, 5) is 25.5. The van der Waals surface area contributed by atoms with Gasteiger partial charge in [0.2, 0.25) is 5.91 Å². The minimum absolute atomic E-state index is 0.0125. The Morgan fingerprint density at radius 2 is 2.15 bits per heavy atom. The van der Waals surface area contributed by atoms with Gasteiger partial charge < -0.3 is 4.90 Å². The summed E-state index contributed by atoms with van der Waals surface area (Å²) in [6.07, 6.45) is 3.54. The van der Waals surface area contributed by atoms with Gasteiger partial charge in [-0.15, -0.1) is 0 Å². The van der Waals surface area contributed by atoms with Crippen molar-refractivity contribution in [2.45, 2.75) is 45.1 Å². The fourth-order valence-corrected chi connectivity index (χ4v) is 2.80. The molecule has 1 aromatic rings. The van der Waals surface area contributed by atoms with Crippen LogP contribution in [0.15, 0.2) is 24.3 Å². The van der Waals surface area contributed by atoms with Gasteiger partial charge in [-0.1, -0.05) is 12.1 Å². The number of amides is 1. The van der Waals surface area contributed by atoms with E-state index in [2.05, 4.69) is 0 Å². The van der Waals surface area contributed by atoms with Crippen LogP contribution in [0, 0.1) is 5.82 Å². The van der Waals surface area contributed by atoms with Gasteiger partial charge in [0.05, 0.1) is 6.42 Å². The number of nitrogens with zero attached hydrogens (tertiary/aromatic N) is 1. The molecule has 0 N–H and O–H groups in total. The maximum Gasteiger partial charge on any atom is 0.227 e. The molecule has 0 aromatic heterocycles. The lowest BCUT2D eigenvalue weighted by Crippen LogP contribution is -2.45. The highest BCUT2D eigenvalue weighted by Crippen LogP contribution is 2.21. The molecule has 1 saturated heterocycles. The van der Waals surface area contributed by atoms with Crippen molar-refractivity contribution in [2.24, 2.45) is 0 Å². The molecule has 20 heavy (non-hydrogen) atoms. The molecule has 0 radical (unpaired) electrons. The van der Waals surface area contributed by atoms with Crippen LogP contribution in [0.2, 0.25) is 0 Å². The molecular weight excluding hydrogens is 257 g/mol. The van der Waals surface area contributed by atoms with E-state index in [4.69, 9.17) is 0 Å². The number of piperidine rings is 1. The van der Waals surface area contributed by atoms with Gasteiger partial charge in [-0.05, 0) is 43.9 Å². The Kier molecular flexibility index (Phi) is 4.88. The van der Waals surface area contributed by atoms with E-state index in [-0.39, 0.29) is 30.0 Å².